The van der Waals surface area contributed by atoms with Gasteiger partial charge in [0, 0.05) is 38.7 Å². The highest BCUT2D eigenvalue weighted by Crippen LogP contribution is 2.23. The number of aliphatic imine (C=N–C) groups is 1. The molecule has 2 saturated heterocycles. The third kappa shape index (κ3) is 7.12. The van der Waals surface area contributed by atoms with Crippen molar-refractivity contribution in [2.24, 2.45) is 4.99 Å². The lowest BCUT2D eigenvalue weighted by molar-refractivity contribution is 0.105. The number of ether oxygens (including phenoxy) is 3. The molecule has 2 unspecified atom stereocenters. The minimum Gasteiger partial charge on any atom is -0.488 e. The van der Waals surface area contributed by atoms with Crippen molar-refractivity contribution >= 4 is 29.9 Å². The lowest BCUT2D eigenvalue weighted by Gasteiger charge is -2.18. The molecule has 152 valence electrons. The van der Waals surface area contributed by atoms with Crippen molar-refractivity contribution in [2.45, 2.75) is 51.4 Å². The molecule has 0 aliphatic carbocycles. The summed E-state index contributed by atoms with van der Waals surface area (Å²) in [5.74, 6) is 1.74. The number of aryl methyl sites for hydroxylation is 1. The standard InChI is InChI=1S/C20H31N3O3.HI/c1-15-5-6-16(19(12-15)26-18-8-11-24-14-18)13-23-20(21-2)22-9-7-17-4-3-10-25-17;/h5-6,12,17-18H,3-4,7-11,13-14H2,1-2H3,(H2,21,22,23);1H. The Morgan fingerprint density at radius 2 is 2.15 bits per heavy atom. The highest BCUT2D eigenvalue weighted by atomic mass is 127. The molecule has 2 atom stereocenters. The molecule has 27 heavy (non-hydrogen) atoms. The molecule has 0 amide bonds. The molecule has 0 spiro atoms. The van der Waals surface area contributed by atoms with E-state index in [2.05, 4.69) is 40.7 Å². The van der Waals surface area contributed by atoms with Crippen LogP contribution in [0.15, 0.2) is 23.2 Å². The van der Waals surface area contributed by atoms with Gasteiger partial charge in [0.25, 0.3) is 0 Å². The summed E-state index contributed by atoms with van der Waals surface area (Å²) < 4.78 is 17.2. The summed E-state index contributed by atoms with van der Waals surface area (Å²) in [7, 11) is 1.80. The summed E-state index contributed by atoms with van der Waals surface area (Å²) in [4.78, 5) is 4.31. The van der Waals surface area contributed by atoms with Crippen LogP contribution in [-0.2, 0) is 16.0 Å². The Labute approximate surface area is 179 Å². The molecular weight excluding hydrogens is 457 g/mol. The summed E-state index contributed by atoms with van der Waals surface area (Å²) in [6, 6.07) is 6.33. The van der Waals surface area contributed by atoms with Crippen LogP contribution in [0.5, 0.6) is 5.75 Å². The van der Waals surface area contributed by atoms with Crippen LogP contribution >= 0.6 is 24.0 Å². The van der Waals surface area contributed by atoms with Crippen LogP contribution < -0.4 is 15.4 Å². The van der Waals surface area contributed by atoms with Crippen molar-refractivity contribution < 1.29 is 14.2 Å². The van der Waals surface area contributed by atoms with Crippen LogP contribution in [0, 0.1) is 6.92 Å². The highest BCUT2D eigenvalue weighted by Gasteiger charge is 2.19. The van der Waals surface area contributed by atoms with Gasteiger partial charge in [0.1, 0.15) is 11.9 Å². The van der Waals surface area contributed by atoms with E-state index in [4.69, 9.17) is 14.2 Å². The molecule has 2 aliphatic rings. The third-order valence-corrected chi connectivity index (χ3v) is 4.86. The fourth-order valence-electron chi connectivity index (χ4n) is 3.33. The highest BCUT2D eigenvalue weighted by molar-refractivity contribution is 14.0. The molecule has 3 rings (SSSR count). The van der Waals surface area contributed by atoms with E-state index in [1.165, 1.54) is 18.4 Å². The number of benzene rings is 1. The van der Waals surface area contributed by atoms with E-state index in [0.717, 1.165) is 49.9 Å². The molecule has 1 aromatic rings. The predicted molar refractivity (Wildman–Crippen MR) is 118 cm³/mol. The number of hydrogen-bond acceptors (Lipinski definition) is 4. The quantitative estimate of drug-likeness (QED) is 0.350. The second-order valence-corrected chi connectivity index (χ2v) is 6.99. The predicted octanol–water partition coefficient (Wildman–Crippen LogP) is 3.01. The Hall–Kier alpha value is -1.06. The van der Waals surface area contributed by atoms with E-state index < -0.39 is 0 Å². The Morgan fingerprint density at radius 3 is 2.85 bits per heavy atom. The zero-order valence-corrected chi connectivity index (χ0v) is 18.7. The minimum atomic E-state index is 0. The van der Waals surface area contributed by atoms with Crippen molar-refractivity contribution in [3.8, 4) is 5.75 Å². The SMILES string of the molecule is CN=C(NCCC1CCCO1)NCc1ccc(C)cc1OC1CCOC1.I. The molecule has 2 N–H and O–H groups in total. The summed E-state index contributed by atoms with van der Waals surface area (Å²) in [5, 5.41) is 6.75. The lowest BCUT2D eigenvalue weighted by Crippen LogP contribution is -2.38. The zero-order valence-electron chi connectivity index (χ0n) is 16.3. The average Bonchev–Trinajstić information content (AvgIpc) is 3.33. The number of nitrogens with zero attached hydrogens (tertiary/aromatic N) is 1. The van der Waals surface area contributed by atoms with Gasteiger partial charge in [-0.15, -0.1) is 24.0 Å². The first-order chi connectivity index (χ1) is 12.7. The van der Waals surface area contributed by atoms with Crippen molar-refractivity contribution in [1.29, 1.82) is 0 Å². The molecule has 2 fully saturated rings. The van der Waals surface area contributed by atoms with Crippen molar-refractivity contribution in [3.63, 3.8) is 0 Å². The van der Waals surface area contributed by atoms with Crippen molar-refractivity contribution in [3.05, 3.63) is 29.3 Å². The van der Waals surface area contributed by atoms with Gasteiger partial charge in [0.2, 0.25) is 0 Å². The lowest BCUT2D eigenvalue weighted by atomic mass is 10.1. The van der Waals surface area contributed by atoms with Crippen molar-refractivity contribution in [2.75, 3.05) is 33.4 Å². The number of halogens is 1. The van der Waals surface area contributed by atoms with Gasteiger partial charge in [-0.1, -0.05) is 12.1 Å². The number of nitrogens with one attached hydrogen (secondary N) is 2. The van der Waals surface area contributed by atoms with Crippen LogP contribution in [0.3, 0.4) is 0 Å². The second kappa shape index (κ2) is 11.7. The van der Waals surface area contributed by atoms with Crippen LogP contribution in [-0.4, -0.2) is 51.6 Å². The fraction of sp³-hybridized carbons (Fsp3) is 0.650. The van der Waals surface area contributed by atoms with Gasteiger partial charge in [0.15, 0.2) is 5.96 Å². The maximum atomic E-state index is 6.16. The molecule has 0 radical (unpaired) electrons. The van der Waals surface area contributed by atoms with Gasteiger partial charge in [-0.3, -0.25) is 4.99 Å². The first kappa shape index (κ1) is 22.2. The summed E-state index contributed by atoms with van der Waals surface area (Å²) in [5.41, 5.74) is 2.33. The van der Waals surface area contributed by atoms with E-state index in [9.17, 15) is 0 Å². The van der Waals surface area contributed by atoms with Gasteiger partial charge in [0.05, 0.1) is 19.3 Å². The van der Waals surface area contributed by atoms with E-state index in [0.29, 0.717) is 19.3 Å². The molecule has 0 saturated carbocycles. The second-order valence-electron chi connectivity index (χ2n) is 6.99. The normalized spacial score (nSPS) is 22.4. The Balaban J connectivity index is 0.00000261. The molecule has 1 aromatic carbocycles. The maximum Gasteiger partial charge on any atom is 0.191 e. The third-order valence-electron chi connectivity index (χ3n) is 4.86. The van der Waals surface area contributed by atoms with E-state index in [1.807, 2.05) is 0 Å². The van der Waals surface area contributed by atoms with Crippen LogP contribution in [0.4, 0.5) is 0 Å². The molecule has 0 aromatic heterocycles. The Bertz CT molecular complexity index is 600. The fourth-order valence-corrected chi connectivity index (χ4v) is 3.33. The zero-order chi connectivity index (χ0) is 18.2. The molecule has 6 nitrogen and oxygen atoms in total. The van der Waals surface area contributed by atoms with E-state index in [-0.39, 0.29) is 30.1 Å². The largest absolute Gasteiger partial charge is 0.488 e. The summed E-state index contributed by atoms with van der Waals surface area (Å²) >= 11 is 0. The van der Waals surface area contributed by atoms with E-state index in [1.54, 1.807) is 7.05 Å². The number of rotatable bonds is 7. The van der Waals surface area contributed by atoms with Crippen molar-refractivity contribution in [1.82, 2.24) is 10.6 Å². The van der Waals surface area contributed by atoms with Gasteiger partial charge in [-0.05, 0) is 37.8 Å². The molecule has 2 aliphatic heterocycles. The average molecular weight is 489 g/mol. The molecule has 7 heteroatoms. The first-order valence-electron chi connectivity index (χ1n) is 9.64. The Morgan fingerprint density at radius 1 is 1.26 bits per heavy atom. The summed E-state index contributed by atoms with van der Waals surface area (Å²) in [6.07, 6.45) is 4.86. The first-order valence-corrected chi connectivity index (χ1v) is 9.64. The topological polar surface area (TPSA) is 64.1 Å². The van der Waals surface area contributed by atoms with Gasteiger partial charge in [-0.25, -0.2) is 0 Å². The van der Waals surface area contributed by atoms with Gasteiger partial charge in [-0.2, -0.15) is 0 Å². The smallest absolute Gasteiger partial charge is 0.191 e. The Kier molecular flexibility index (Phi) is 9.64. The van der Waals surface area contributed by atoms with Crippen LogP contribution in [0.25, 0.3) is 0 Å². The monoisotopic (exact) mass is 489 g/mol. The minimum absolute atomic E-state index is 0. The van der Waals surface area contributed by atoms with Crippen LogP contribution in [0.1, 0.15) is 36.8 Å². The molecule has 0 bridgehead atoms. The number of hydrogen-bond donors (Lipinski definition) is 2. The van der Waals surface area contributed by atoms with Gasteiger partial charge >= 0.3 is 0 Å². The summed E-state index contributed by atoms with van der Waals surface area (Å²) in [6.45, 7) is 5.98. The number of guanidine groups is 1. The van der Waals surface area contributed by atoms with E-state index >= 15 is 0 Å². The maximum absolute atomic E-state index is 6.16. The molecular formula is C20H32IN3O3. The molecule has 2 heterocycles. The van der Waals surface area contributed by atoms with Crippen LogP contribution in [0.2, 0.25) is 0 Å². The van der Waals surface area contributed by atoms with Gasteiger partial charge < -0.3 is 24.8 Å².